The van der Waals surface area contributed by atoms with Crippen molar-refractivity contribution in [2.24, 2.45) is 5.64 Å². The van der Waals surface area contributed by atoms with Crippen molar-refractivity contribution in [3.8, 4) is 0 Å². The van der Waals surface area contributed by atoms with Gasteiger partial charge in [0.25, 0.3) is 0 Å². The van der Waals surface area contributed by atoms with Crippen LogP contribution in [0.2, 0.25) is 0 Å². The van der Waals surface area contributed by atoms with Gasteiger partial charge in [-0.05, 0) is 31.4 Å². The number of hydrogen-bond acceptors (Lipinski definition) is 4. The molecule has 0 heterocycles. The van der Waals surface area contributed by atoms with Crippen molar-refractivity contribution < 1.29 is 14.9 Å². The normalized spacial score (nSPS) is 17.1. The number of ether oxygens (including phenoxy) is 1. The van der Waals surface area contributed by atoms with Gasteiger partial charge in [0.05, 0.1) is 0 Å². The predicted molar refractivity (Wildman–Crippen MR) is 50.3 cm³/mol. The van der Waals surface area contributed by atoms with Gasteiger partial charge in [-0.1, -0.05) is 5.47 Å². The Labute approximate surface area is 77.8 Å². The molecule has 0 aromatic heterocycles. The van der Waals surface area contributed by atoms with E-state index < -0.39 is 7.05 Å². The zero-order valence-corrected chi connectivity index (χ0v) is 7.66. The number of allylic oxidation sites excluding steroid dienone is 3. The highest BCUT2D eigenvalue weighted by molar-refractivity contribution is 6.55. The second kappa shape index (κ2) is 4.46. The van der Waals surface area contributed by atoms with Gasteiger partial charge in [0, 0.05) is 0 Å². The van der Waals surface area contributed by atoms with Crippen LogP contribution >= 0.6 is 0 Å². The van der Waals surface area contributed by atoms with Crippen LogP contribution in [0.5, 0.6) is 0 Å². The Balaban J connectivity index is 2.78. The Morgan fingerprint density at radius 3 is 2.85 bits per heavy atom. The molecule has 0 bridgehead atoms. The van der Waals surface area contributed by atoms with Crippen molar-refractivity contribution >= 4 is 7.05 Å². The highest BCUT2D eigenvalue weighted by Crippen LogP contribution is 2.24. The monoisotopic (exact) mass is 183 g/mol. The van der Waals surface area contributed by atoms with Crippen molar-refractivity contribution in [3.05, 3.63) is 22.9 Å². The van der Waals surface area contributed by atoms with Crippen LogP contribution in [0, 0.1) is 0 Å². The molecule has 0 aromatic carbocycles. The molecular weight excluding hydrogens is 169 g/mol. The molecule has 0 spiro atoms. The lowest BCUT2D eigenvalue weighted by atomic mass is 9.70. The second-order valence-electron chi connectivity index (χ2n) is 3.08. The van der Waals surface area contributed by atoms with Crippen molar-refractivity contribution in [1.29, 1.82) is 0 Å². The Bertz CT molecular complexity index is 248. The molecule has 72 valence electrons. The molecule has 1 rings (SSSR count). The van der Waals surface area contributed by atoms with E-state index in [1.165, 1.54) is 0 Å². The summed E-state index contributed by atoms with van der Waals surface area (Å²) in [5.41, 5.74) is 7.13. The lowest BCUT2D eigenvalue weighted by Gasteiger charge is -2.17. The molecule has 0 fully saturated rings. The summed E-state index contributed by atoms with van der Waals surface area (Å²) in [6.07, 6.45) is 3.26. The maximum Gasteiger partial charge on any atom is 0.406 e. The van der Waals surface area contributed by atoms with E-state index in [4.69, 9.17) is 20.5 Å². The van der Waals surface area contributed by atoms with E-state index in [2.05, 4.69) is 0 Å². The van der Waals surface area contributed by atoms with Crippen LogP contribution in [0.3, 0.4) is 0 Å². The highest BCUT2D eigenvalue weighted by atomic mass is 16.6. The topological polar surface area (TPSA) is 75.7 Å². The first kappa shape index (κ1) is 10.3. The molecule has 0 unspecified atom stereocenters. The molecule has 13 heavy (non-hydrogen) atoms. The summed E-state index contributed by atoms with van der Waals surface area (Å²) in [5.74, 6) is 0.619. The lowest BCUT2D eigenvalue weighted by molar-refractivity contribution is 0.0457. The molecule has 0 saturated carbocycles. The minimum Gasteiger partial charge on any atom is -0.468 e. The van der Waals surface area contributed by atoms with E-state index in [9.17, 15) is 0 Å². The Kier molecular flexibility index (Phi) is 3.53. The van der Waals surface area contributed by atoms with Gasteiger partial charge in [-0.15, -0.1) is 0 Å². The van der Waals surface area contributed by atoms with Gasteiger partial charge >= 0.3 is 7.05 Å². The van der Waals surface area contributed by atoms with Crippen molar-refractivity contribution in [1.82, 2.24) is 0 Å². The molecular formula is C8H14BNO3. The highest BCUT2D eigenvalue weighted by Gasteiger charge is 2.18. The van der Waals surface area contributed by atoms with Gasteiger partial charge in [-0.2, -0.15) is 0 Å². The number of nitrogens with two attached hydrogens (primary N) is 1. The fourth-order valence-corrected chi connectivity index (χ4v) is 1.29. The Morgan fingerprint density at radius 1 is 1.62 bits per heavy atom. The molecule has 4 nitrogen and oxygen atoms in total. The quantitative estimate of drug-likeness (QED) is 0.422. The summed E-state index contributed by atoms with van der Waals surface area (Å²) in [5, 5.41) is 17.7. The van der Waals surface area contributed by atoms with Gasteiger partial charge in [-0.3, -0.25) is 0 Å². The van der Waals surface area contributed by atoms with Crippen LogP contribution in [0.4, 0.5) is 0 Å². The van der Waals surface area contributed by atoms with E-state index >= 15 is 0 Å². The molecule has 0 atom stereocenters. The molecule has 0 aromatic rings. The Hall–Kier alpha value is -0.775. The maximum atomic E-state index is 9.12. The van der Waals surface area contributed by atoms with Crippen molar-refractivity contribution in [2.45, 2.75) is 19.8 Å². The lowest BCUT2D eigenvalue weighted by Crippen LogP contribution is -2.29. The smallest absolute Gasteiger partial charge is 0.406 e. The Morgan fingerprint density at radius 2 is 2.31 bits per heavy atom. The predicted octanol–water partition coefficient (Wildman–Crippen LogP) is -0.0746. The van der Waals surface area contributed by atoms with Crippen LogP contribution in [-0.2, 0) is 4.74 Å². The molecule has 0 amide bonds. The number of aliphatic hydroxyl groups excluding tert-OH is 1. The van der Waals surface area contributed by atoms with Crippen LogP contribution in [0.1, 0.15) is 19.8 Å². The van der Waals surface area contributed by atoms with Gasteiger partial charge < -0.3 is 20.5 Å². The fraction of sp³-hybridized carbons (Fsp3) is 0.500. The summed E-state index contributed by atoms with van der Waals surface area (Å²) < 4.78 is 4.97. The minimum absolute atomic E-state index is 0.350. The number of rotatable bonds is 3. The molecule has 1 aliphatic carbocycles. The van der Waals surface area contributed by atoms with E-state index in [-0.39, 0.29) is 6.79 Å². The molecule has 4 N–H and O–H groups in total. The first-order valence-corrected chi connectivity index (χ1v) is 4.22. The van der Waals surface area contributed by atoms with E-state index in [0.29, 0.717) is 5.76 Å². The molecule has 0 radical (unpaired) electrons. The summed E-state index contributed by atoms with van der Waals surface area (Å²) in [6.45, 7) is 1.58. The number of aliphatic hydroxyl groups is 1. The van der Waals surface area contributed by atoms with Crippen LogP contribution in [0.25, 0.3) is 0 Å². The van der Waals surface area contributed by atoms with Gasteiger partial charge in [0.15, 0.2) is 6.79 Å². The van der Waals surface area contributed by atoms with Crippen molar-refractivity contribution in [2.75, 3.05) is 6.79 Å². The zero-order valence-electron chi connectivity index (χ0n) is 7.66. The third-order valence-electron chi connectivity index (χ3n) is 2.13. The molecule has 5 heteroatoms. The van der Waals surface area contributed by atoms with Crippen LogP contribution < -0.4 is 5.64 Å². The molecule has 0 aliphatic heterocycles. The molecule has 0 saturated heterocycles. The van der Waals surface area contributed by atoms with E-state index in [1.807, 2.05) is 6.92 Å². The SMILES string of the molecule is CC1=C(OCO)C=C(B(N)O)CC1. The van der Waals surface area contributed by atoms with E-state index in [0.717, 1.165) is 23.9 Å². The zero-order chi connectivity index (χ0) is 9.84. The molecule has 1 aliphatic rings. The average Bonchev–Trinajstić information content (AvgIpc) is 2.08. The van der Waals surface area contributed by atoms with Crippen LogP contribution in [-0.4, -0.2) is 24.0 Å². The minimum atomic E-state index is -0.926. The third-order valence-corrected chi connectivity index (χ3v) is 2.13. The summed E-state index contributed by atoms with van der Waals surface area (Å²) >= 11 is 0. The fourth-order valence-electron chi connectivity index (χ4n) is 1.29. The van der Waals surface area contributed by atoms with Gasteiger partial charge in [0.1, 0.15) is 5.76 Å². The summed E-state index contributed by atoms with van der Waals surface area (Å²) in [4.78, 5) is 0. The van der Waals surface area contributed by atoms with Gasteiger partial charge in [0.2, 0.25) is 0 Å². The van der Waals surface area contributed by atoms with Crippen LogP contribution in [0.15, 0.2) is 22.9 Å². The average molecular weight is 183 g/mol. The van der Waals surface area contributed by atoms with Crippen molar-refractivity contribution in [3.63, 3.8) is 0 Å². The third kappa shape index (κ3) is 2.58. The summed E-state index contributed by atoms with van der Waals surface area (Å²) in [7, 11) is -0.926. The largest absolute Gasteiger partial charge is 0.468 e. The van der Waals surface area contributed by atoms with Gasteiger partial charge in [-0.25, -0.2) is 0 Å². The summed E-state index contributed by atoms with van der Waals surface area (Å²) in [6, 6.07) is 0. The first-order valence-electron chi connectivity index (χ1n) is 4.22. The number of hydrogen-bond donors (Lipinski definition) is 3. The second-order valence-corrected chi connectivity index (χ2v) is 3.08. The standard InChI is InChI=1S/C8H14BNO3/c1-6-2-3-7(9(10)12)4-8(6)13-5-11/h4,11-12H,2-3,5,10H2,1H3. The van der Waals surface area contributed by atoms with E-state index in [1.54, 1.807) is 6.08 Å². The maximum absolute atomic E-state index is 9.12. The first-order chi connectivity index (χ1) is 6.15.